The van der Waals surface area contributed by atoms with E-state index in [9.17, 15) is 4.79 Å². The molecule has 1 N–H and O–H groups in total. The van der Waals surface area contributed by atoms with Gasteiger partial charge in [-0.2, -0.15) is 0 Å². The van der Waals surface area contributed by atoms with Gasteiger partial charge in [0.2, 0.25) is 5.91 Å². The fourth-order valence-corrected chi connectivity index (χ4v) is 3.49. The normalized spacial score (nSPS) is 22.4. The molecule has 0 radical (unpaired) electrons. The molecule has 2 heterocycles. The molecule has 0 saturated carbocycles. The van der Waals surface area contributed by atoms with Gasteiger partial charge < -0.3 is 10.1 Å². The number of hydrogen-bond donors (Lipinski definition) is 1. The van der Waals surface area contributed by atoms with Gasteiger partial charge >= 0.3 is 0 Å². The van der Waals surface area contributed by atoms with Crippen LogP contribution >= 0.6 is 0 Å². The summed E-state index contributed by atoms with van der Waals surface area (Å²) >= 11 is 0. The molecule has 0 aliphatic carbocycles. The van der Waals surface area contributed by atoms with E-state index in [1.807, 2.05) is 0 Å². The second-order valence-electron chi connectivity index (χ2n) is 7.33. The topological polar surface area (TPSA) is 41.6 Å². The Hall–Kier alpha value is -1.39. The van der Waals surface area contributed by atoms with E-state index in [0.29, 0.717) is 13.2 Å². The lowest BCUT2D eigenvalue weighted by Gasteiger charge is -2.42. The number of nitrogens with zero attached hydrogens (tertiary/aromatic N) is 1. The van der Waals surface area contributed by atoms with Crippen molar-refractivity contribution in [3.8, 4) is 0 Å². The first kappa shape index (κ1) is 16.5. The Morgan fingerprint density at radius 1 is 1.30 bits per heavy atom. The Balaban J connectivity index is 1.55. The van der Waals surface area contributed by atoms with Gasteiger partial charge in [0.05, 0.1) is 0 Å². The molecule has 0 spiro atoms. The van der Waals surface area contributed by atoms with Crippen molar-refractivity contribution in [2.75, 3.05) is 19.7 Å². The molecule has 2 aliphatic rings. The first-order chi connectivity index (χ1) is 11.1. The maximum absolute atomic E-state index is 12.3. The maximum atomic E-state index is 12.3. The summed E-state index contributed by atoms with van der Waals surface area (Å²) in [4.78, 5) is 14.7. The van der Waals surface area contributed by atoms with Gasteiger partial charge in [-0.05, 0) is 50.7 Å². The minimum Gasteiger partial charge on any atom is -0.368 e. The van der Waals surface area contributed by atoms with Crippen LogP contribution < -0.4 is 5.32 Å². The maximum Gasteiger partial charge on any atom is 0.249 e. The Morgan fingerprint density at radius 2 is 2.09 bits per heavy atom. The van der Waals surface area contributed by atoms with E-state index >= 15 is 0 Å². The standard InChI is InChI=1S/C19H28N2O2/c1-19(2,14-20-18(22)17-9-5-6-12-23-17)21-11-10-15-7-3-4-8-16(15)13-21/h3-4,7-8,17H,5-6,9-14H2,1-2H3,(H,20,22). The fraction of sp³-hybridized carbons (Fsp3) is 0.632. The first-order valence-corrected chi connectivity index (χ1v) is 8.77. The molecule has 4 heteroatoms. The average molecular weight is 316 g/mol. The van der Waals surface area contributed by atoms with Crippen molar-refractivity contribution >= 4 is 5.91 Å². The predicted octanol–water partition coefficient (Wildman–Crippen LogP) is 2.51. The van der Waals surface area contributed by atoms with Gasteiger partial charge in [-0.3, -0.25) is 9.69 Å². The first-order valence-electron chi connectivity index (χ1n) is 8.77. The quantitative estimate of drug-likeness (QED) is 0.928. The molecular formula is C19H28N2O2. The zero-order valence-corrected chi connectivity index (χ0v) is 14.3. The molecule has 1 aromatic rings. The van der Waals surface area contributed by atoms with Crippen LogP contribution in [0, 0.1) is 0 Å². The van der Waals surface area contributed by atoms with Crippen LogP contribution in [0.5, 0.6) is 0 Å². The van der Waals surface area contributed by atoms with Crippen molar-refractivity contribution in [3.05, 3.63) is 35.4 Å². The van der Waals surface area contributed by atoms with E-state index in [2.05, 4.69) is 48.3 Å². The molecule has 1 amide bonds. The van der Waals surface area contributed by atoms with Crippen molar-refractivity contribution in [1.29, 1.82) is 0 Å². The number of carbonyl (C=O) groups excluding carboxylic acids is 1. The molecule has 126 valence electrons. The zero-order valence-electron chi connectivity index (χ0n) is 14.3. The second-order valence-corrected chi connectivity index (χ2v) is 7.33. The molecule has 0 aromatic heterocycles. The number of nitrogens with one attached hydrogen (secondary N) is 1. The van der Waals surface area contributed by atoms with Gasteiger partial charge in [0, 0.05) is 31.8 Å². The van der Waals surface area contributed by atoms with Crippen LogP contribution in [0.4, 0.5) is 0 Å². The summed E-state index contributed by atoms with van der Waals surface area (Å²) in [5, 5.41) is 3.11. The number of carbonyl (C=O) groups is 1. The molecule has 2 aliphatic heterocycles. The minimum absolute atomic E-state index is 0.0511. The summed E-state index contributed by atoms with van der Waals surface area (Å²) in [6.07, 6.45) is 3.84. The number of amides is 1. The largest absolute Gasteiger partial charge is 0.368 e. The van der Waals surface area contributed by atoms with E-state index in [4.69, 9.17) is 4.74 Å². The van der Waals surface area contributed by atoms with Crippen LogP contribution in [0.2, 0.25) is 0 Å². The summed E-state index contributed by atoms with van der Waals surface area (Å²) in [5.74, 6) is 0.0511. The molecule has 1 aromatic carbocycles. The summed E-state index contributed by atoms with van der Waals surface area (Å²) < 4.78 is 5.57. The highest BCUT2D eigenvalue weighted by atomic mass is 16.5. The number of benzene rings is 1. The number of ether oxygens (including phenoxy) is 1. The molecule has 1 saturated heterocycles. The van der Waals surface area contributed by atoms with Crippen LogP contribution in [0.1, 0.15) is 44.2 Å². The third-order valence-corrected chi connectivity index (χ3v) is 5.15. The molecule has 1 fully saturated rings. The molecule has 0 bridgehead atoms. The second kappa shape index (κ2) is 7.02. The third-order valence-electron chi connectivity index (χ3n) is 5.15. The van der Waals surface area contributed by atoms with Crippen LogP contribution in [-0.4, -0.2) is 42.1 Å². The van der Waals surface area contributed by atoms with Gasteiger partial charge in [0.25, 0.3) is 0 Å². The molecule has 1 unspecified atom stereocenters. The Bertz CT molecular complexity index is 550. The van der Waals surface area contributed by atoms with Gasteiger partial charge in [-0.1, -0.05) is 24.3 Å². The van der Waals surface area contributed by atoms with Crippen LogP contribution in [0.3, 0.4) is 0 Å². The van der Waals surface area contributed by atoms with Gasteiger partial charge in [-0.25, -0.2) is 0 Å². The van der Waals surface area contributed by atoms with E-state index in [1.165, 1.54) is 11.1 Å². The number of hydrogen-bond acceptors (Lipinski definition) is 3. The van der Waals surface area contributed by atoms with Gasteiger partial charge in [-0.15, -0.1) is 0 Å². The predicted molar refractivity (Wildman–Crippen MR) is 91.2 cm³/mol. The fourth-order valence-electron chi connectivity index (χ4n) is 3.49. The number of rotatable bonds is 4. The summed E-state index contributed by atoms with van der Waals surface area (Å²) in [6, 6.07) is 8.66. The Morgan fingerprint density at radius 3 is 2.83 bits per heavy atom. The Labute approximate surface area is 139 Å². The summed E-state index contributed by atoms with van der Waals surface area (Å²) in [7, 11) is 0. The van der Waals surface area contributed by atoms with Crippen molar-refractivity contribution in [1.82, 2.24) is 10.2 Å². The summed E-state index contributed by atoms with van der Waals surface area (Å²) in [5.41, 5.74) is 2.81. The highest BCUT2D eigenvalue weighted by Gasteiger charge is 2.31. The lowest BCUT2D eigenvalue weighted by atomic mass is 9.94. The van der Waals surface area contributed by atoms with Crippen LogP contribution in [-0.2, 0) is 22.5 Å². The van der Waals surface area contributed by atoms with Crippen molar-refractivity contribution < 1.29 is 9.53 Å². The molecule has 3 rings (SSSR count). The van der Waals surface area contributed by atoms with Crippen LogP contribution in [0.15, 0.2) is 24.3 Å². The average Bonchev–Trinajstić information content (AvgIpc) is 2.60. The molecule has 23 heavy (non-hydrogen) atoms. The monoisotopic (exact) mass is 316 g/mol. The van der Waals surface area contributed by atoms with E-state index in [1.54, 1.807) is 0 Å². The zero-order chi connectivity index (χ0) is 16.3. The van der Waals surface area contributed by atoms with E-state index in [-0.39, 0.29) is 17.6 Å². The van der Waals surface area contributed by atoms with Crippen LogP contribution in [0.25, 0.3) is 0 Å². The third kappa shape index (κ3) is 3.93. The van der Waals surface area contributed by atoms with Crippen molar-refractivity contribution in [3.63, 3.8) is 0 Å². The molecule has 4 nitrogen and oxygen atoms in total. The lowest BCUT2D eigenvalue weighted by Crippen LogP contribution is -2.54. The number of fused-ring (bicyclic) bond motifs is 1. The van der Waals surface area contributed by atoms with Crippen molar-refractivity contribution in [2.24, 2.45) is 0 Å². The highest BCUT2D eigenvalue weighted by Crippen LogP contribution is 2.25. The van der Waals surface area contributed by atoms with Gasteiger partial charge in [0.1, 0.15) is 6.10 Å². The molecular weight excluding hydrogens is 288 g/mol. The van der Waals surface area contributed by atoms with Crippen molar-refractivity contribution in [2.45, 2.75) is 57.7 Å². The Kier molecular flexibility index (Phi) is 5.02. The summed E-state index contributed by atoms with van der Waals surface area (Å²) in [6.45, 7) is 7.79. The highest BCUT2D eigenvalue weighted by molar-refractivity contribution is 5.80. The SMILES string of the molecule is CC(C)(CNC(=O)C1CCCCO1)N1CCc2ccccc2C1. The molecule has 1 atom stereocenters. The minimum atomic E-state index is -0.248. The van der Waals surface area contributed by atoms with E-state index in [0.717, 1.165) is 38.8 Å². The lowest BCUT2D eigenvalue weighted by molar-refractivity contribution is -0.136. The smallest absolute Gasteiger partial charge is 0.249 e. The van der Waals surface area contributed by atoms with Gasteiger partial charge in [0.15, 0.2) is 0 Å². The van der Waals surface area contributed by atoms with E-state index < -0.39 is 0 Å².